The average Bonchev–Trinajstić information content (AvgIpc) is 2.90. The fraction of sp³-hybridized carbons (Fsp3) is 0.200. The van der Waals surface area contributed by atoms with Crippen molar-refractivity contribution < 1.29 is 17.7 Å². The van der Waals surface area contributed by atoms with E-state index in [9.17, 15) is 13.2 Å². The van der Waals surface area contributed by atoms with Gasteiger partial charge in [-0.05, 0) is 36.4 Å². The molecule has 4 nitrogen and oxygen atoms in total. The number of rotatable bonds is 4. The van der Waals surface area contributed by atoms with Crippen LogP contribution in [0.1, 0.15) is 18.5 Å². The van der Waals surface area contributed by atoms with Gasteiger partial charge < -0.3 is 9.84 Å². The minimum absolute atomic E-state index is 0.128. The molecule has 2 heterocycles. The molecule has 3 aromatic rings. The molecule has 1 unspecified atom stereocenters. The summed E-state index contributed by atoms with van der Waals surface area (Å²) in [5.41, 5.74) is -2.82. The summed E-state index contributed by atoms with van der Waals surface area (Å²) in [6.07, 6.45) is 3.25. The highest BCUT2D eigenvalue weighted by Crippen LogP contribution is 2.37. The van der Waals surface area contributed by atoms with E-state index in [1.807, 2.05) is 6.92 Å². The van der Waals surface area contributed by atoms with Crippen LogP contribution >= 0.6 is 11.8 Å². The van der Waals surface area contributed by atoms with Crippen LogP contribution in [0.4, 0.5) is 19.0 Å². The van der Waals surface area contributed by atoms with Crippen molar-refractivity contribution in [1.29, 1.82) is 0 Å². The topological polar surface area (TPSA) is 51.0 Å². The van der Waals surface area contributed by atoms with E-state index in [0.717, 1.165) is 10.9 Å². The van der Waals surface area contributed by atoms with Crippen molar-refractivity contribution in [1.82, 2.24) is 10.1 Å². The number of aromatic nitrogens is 2. The Morgan fingerprint density at radius 3 is 2.61 bits per heavy atom. The molecule has 0 bridgehead atoms. The molecule has 0 radical (unpaired) electrons. The number of fused-ring (bicyclic) bond motifs is 1. The SMILES string of the molecule is CC(Nc1noc2ccncc12)c1ccc(SC(F)(F)F)cc1. The second kappa shape index (κ2) is 6.11. The number of alkyl halides is 3. The van der Waals surface area contributed by atoms with E-state index < -0.39 is 5.51 Å². The summed E-state index contributed by atoms with van der Waals surface area (Å²) in [4.78, 5) is 4.18. The Bertz CT molecular complexity index is 802. The van der Waals surface area contributed by atoms with Gasteiger partial charge in [-0.1, -0.05) is 17.3 Å². The van der Waals surface area contributed by atoms with E-state index in [0.29, 0.717) is 11.4 Å². The number of pyridine rings is 1. The lowest BCUT2D eigenvalue weighted by Crippen LogP contribution is -2.07. The molecule has 120 valence electrons. The molecule has 2 aromatic heterocycles. The quantitative estimate of drug-likeness (QED) is 0.677. The second-order valence-electron chi connectivity index (χ2n) is 4.89. The van der Waals surface area contributed by atoms with Gasteiger partial charge in [0.15, 0.2) is 11.4 Å². The van der Waals surface area contributed by atoms with Gasteiger partial charge in [-0.2, -0.15) is 13.2 Å². The maximum atomic E-state index is 12.3. The van der Waals surface area contributed by atoms with Gasteiger partial charge in [-0.25, -0.2) is 0 Å². The largest absolute Gasteiger partial charge is 0.446 e. The molecule has 1 N–H and O–H groups in total. The number of nitrogens with zero attached hydrogens (tertiary/aromatic N) is 2. The highest BCUT2D eigenvalue weighted by Gasteiger charge is 2.29. The molecule has 0 saturated heterocycles. The Morgan fingerprint density at radius 1 is 1.17 bits per heavy atom. The van der Waals surface area contributed by atoms with Crippen LogP contribution in [0.2, 0.25) is 0 Å². The summed E-state index contributed by atoms with van der Waals surface area (Å²) >= 11 is -0.128. The third kappa shape index (κ3) is 3.76. The highest BCUT2D eigenvalue weighted by atomic mass is 32.2. The fourth-order valence-corrected chi connectivity index (χ4v) is 2.67. The molecule has 1 atom stereocenters. The van der Waals surface area contributed by atoms with Crippen molar-refractivity contribution in [2.75, 3.05) is 5.32 Å². The molecule has 0 aliphatic heterocycles. The zero-order valence-corrected chi connectivity index (χ0v) is 12.8. The second-order valence-corrected chi connectivity index (χ2v) is 6.02. The van der Waals surface area contributed by atoms with E-state index in [1.165, 1.54) is 12.1 Å². The first-order valence-corrected chi connectivity index (χ1v) is 7.56. The minimum Gasteiger partial charge on any atom is -0.360 e. The minimum atomic E-state index is -4.28. The number of nitrogens with one attached hydrogen (secondary N) is 1. The number of halogens is 3. The summed E-state index contributed by atoms with van der Waals surface area (Å²) in [6.45, 7) is 1.89. The van der Waals surface area contributed by atoms with Crippen molar-refractivity contribution in [3.8, 4) is 0 Å². The third-order valence-corrected chi connectivity index (χ3v) is 3.98. The standard InChI is InChI=1S/C15H12F3N3OS/c1-9(10-2-4-11(5-3-10)23-15(16,17)18)20-14-12-8-19-7-6-13(12)22-21-14/h2-9H,1H3,(H,20,21). The monoisotopic (exact) mass is 339 g/mol. The molecule has 8 heteroatoms. The maximum absolute atomic E-state index is 12.3. The van der Waals surface area contributed by atoms with Crippen molar-refractivity contribution in [3.63, 3.8) is 0 Å². The first-order chi connectivity index (χ1) is 10.9. The van der Waals surface area contributed by atoms with Gasteiger partial charge in [-0.3, -0.25) is 4.98 Å². The first-order valence-electron chi connectivity index (χ1n) is 6.74. The summed E-state index contributed by atoms with van der Waals surface area (Å²) in [7, 11) is 0. The lowest BCUT2D eigenvalue weighted by molar-refractivity contribution is -0.0328. The number of anilines is 1. The van der Waals surface area contributed by atoms with Gasteiger partial charge in [0.2, 0.25) is 0 Å². The molecular formula is C15H12F3N3OS. The van der Waals surface area contributed by atoms with E-state index in [4.69, 9.17) is 4.52 Å². The number of thioether (sulfide) groups is 1. The number of hydrogen-bond acceptors (Lipinski definition) is 5. The number of benzene rings is 1. The zero-order valence-electron chi connectivity index (χ0n) is 12.0. The number of hydrogen-bond donors (Lipinski definition) is 1. The van der Waals surface area contributed by atoms with Crippen molar-refractivity contribution >= 4 is 28.5 Å². The molecule has 0 fully saturated rings. The summed E-state index contributed by atoms with van der Waals surface area (Å²) < 4.78 is 42.2. The van der Waals surface area contributed by atoms with Gasteiger partial charge in [0.25, 0.3) is 0 Å². The van der Waals surface area contributed by atoms with Crippen LogP contribution in [0.25, 0.3) is 11.0 Å². The van der Waals surface area contributed by atoms with Crippen LogP contribution in [-0.4, -0.2) is 15.6 Å². The van der Waals surface area contributed by atoms with E-state index in [2.05, 4.69) is 15.5 Å². The smallest absolute Gasteiger partial charge is 0.360 e. The normalized spacial score (nSPS) is 13.2. The average molecular weight is 339 g/mol. The van der Waals surface area contributed by atoms with Crippen molar-refractivity contribution in [2.45, 2.75) is 23.4 Å². The molecular weight excluding hydrogens is 327 g/mol. The Labute approximate surface area is 134 Å². The van der Waals surface area contributed by atoms with E-state index in [-0.39, 0.29) is 22.7 Å². The lowest BCUT2D eigenvalue weighted by atomic mass is 10.1. The van der Waals surface area contributed by atoms with Crippen LogP contribution in [0, 0.1) is 0 Å². The first kappa shape index (κ1) is 15.7. The Balaban J connectivity index is 1.74. The van der Waals surface area contributed by atoms with Crippen LogP contribution in [0.3, 0.4) is 0 Å². The van der Waals surface area contributed by atoms with Crippen LogP contribution in [0.5, 0.6) is 0 Å². The third-order valence-electron chi connectivity index (χ3n) is 3.24. The van der Waals surface area contributed by atoms with Gasteiger partial charge in [0.1, 0.15) is 0 Å². The molecule has 0 aliphatic carbocycles. The highest BCUT2D eigenvalue weighted by molar-refractivity contribution is 8.00. The molecule has 3 rings (SSSR count). The lowest BCUT2D eigenvalue weighted by Gasteiger charge is -2.14. The van der Waals surface area contributed by atoms with Crippen LogP contribution in [0.15, 0.2) is 52.1 Å². The van der Waals surface area contributed by atoms with Gasteiger partial charge >= 0.3 is 5.51 Å². The van der Waals surface area contributed by atoms with Crippen molar-refractivity contribution in [3.05, 3.63) is 48.3 Å². The molecule has 0 saturated carbocycles. The van der Waals surface area contributed by atoms with Crippen molar-refractivity contribution in [2.24, 2.45) is 0 Å². The molecule has 0 aliphatic rings. The zero-order chi connectivity index (χ0) is 16.4. The summed E-state index contributed by atoms with van der Waals surface area (Å²) in [6, 6.07) is 7.79. The fourth-order valence-electron chi connectivity index (χ4n) is 2.13. The van der Waals surface area contributed by atoms with Gasteiger partial charge in [0.05, 0.1) is 11.4 Å². The van der Waals surface area contributed by atoms with Crippen LogP contribution < -0.4 is 5.32 Å². The van der Waals surface area contributed by atoms with Gasteiger partial charge in [0, 0.05) is 23.4 Å². The molecule has 0 spiro atoms. The van der Waals surface area contributed by atoms with E-state index >= 15 is 0 Å². The molecule has 0 amide bonds. The predicted molar refractivity (Wildman–Crippen MR) is 82.2 cm³/mol. The van der Waals surface area contributed by atoms with E-state index in [1.54, 1.807) is 30.6 Å². The Hall–Kier alpha value is -2.22. The van der Waals surface area contributed by atoms with Crippen LogP contribution in [-0.2, 0) is 0 Å². The Morgan fingerprint density at radius 2 is 1.91 bits per heavy atom. The predicted octanol–water partition coefficient (Wildman–Crippen LogP) is 5.01. The van der Waals surface area contributed by atoms with Gasteiger partial charge in [-0.15, -0.1) is 0 Å². The molecule has 23 heavy (non-hydrogen) atoms. The molecule has 1 aromatic carbocycles. The maximum Gasteiger partial charge on any atom is 0.446 e. The summed E-state index contributed by atoms with van der Waals surface area (Å²) in [5.74, 6) is 0.550. The Kier molecular flexibility index (Phi) is 4.16. The summed E-state index contributed by atoms with van der Waals surface area (Å²) in [5, 5.41) is 7.88.